The van der Waals surface area contributed by atoms with Crippen molar-refractivity contribution in [3.8, 4) is 11.5 Å². The zero-order valence-corrected chi connectivity index (χ0v) is 18.6. The van der Waals surface area contributed by atoms with Crippen LogP contribution in [-0.4, -0.2) is 61.5 Å². The number of benzene rings is 1. The lowest BCUT2D eigenvalue weighted by Gasteiger charge is -2.37. The Morgan fingerprint density at radius 1 is 0.966 bits per heavy atom. The van der Waals surface area contributed by atoms with E-state index < -0.39 is 5.41 Å². The third kappa shape index (κ3) is 6.38. The van der Waals surface area contributed by atoms with Crippen LogP contribution >= 0.6 is 0 Å². The Morgan fingerprint density at radius 2 is 1.62 bits per heavy atom. The molecule has 0 bridgehead atoms. The molecule has 0 spiro atoms. The van der Waals surface area contributed by atoms with Crippen molar-refractivity contribution in [3.05, 3.63) is 23.8 Å². The van der Waals surface area contributed by atoms with E-state index in [0.29, 0.717) is 49.8 Å². The van der Waals surface area contributed by atoms with Gasteiger partial charge in [-0.3, -0.25) is 9.59 Å². The molecule has 1 fully saturated rings. The molecule has 1 saturated heterocycles. The van der Waals surface area contributed by atoms with Gasteiger partial charge in [-0.1, -0.05) is 47.0 Å². The van der Waals surface area contributed by atoms with Crippen LogP contribution in [0.4, 0.5) is 0 Å². The minimum atomic E-state index is -0.397. The molecule has 0 saturated carbocycles. The molecule has 1 aliphatic heterocycles. The summed E-state index contributed by atoms with van der Waals surface area (Å²) in [6.07, 6.45) is 4.57. The molecule has 0 N–H and O–H groups in total. The molecule has 0 unspecified atom stereocenters. The molecule has 0 atom stereocenters. The second-order valence-corrected chi connectivity index (χ2v) is 8.61. The Hall–Kier alpha value is -2.24. The van der Waals surface area contributed by atoms with Gasteiger partial charge in [-0.25, -0.2) is 0 Å². The molecule has 2 rings (SSSR count). The van der Waals surface area contributed by atoms with Gasteiger partial charge in [0.2, 0.25) is 5.91 Å². The van der Waals surface area contributed by atoms with Gasteiger partial charge in [-0.15, -0.1) is 0 Å². The summed E-state index contributed by atoms with van der Waals surface area (Å²) in [4.78, 5) is 29.0. The van der Waals surface area contributed by atoms with Crippen LogP contribution in [0.5, 0.6) is 11.5 Å². The molecule has 162 valence electrons. The summed E-state index contributed by atoms with van der Waals surface area (Å²) in [5.41, 5.74) is 0.183. The lowest BCUT2D eigenvalue weighted by Crippen LogP contribution is -2.53. The van der Waals surface area contributed by atoms with E-state index in [-0.39, 0.29) is 11.8 Å². The number of unbranched alkanes of at least 4 members (excludes halogenated alkanes) is 3. The molecule has 1 aromatic carbocycles. The van der Waals surface area contributed by atoms with Crippen LogP contribution in [0.15, 0.2) is 18.2 Å². The Bertz CT molecular complexity index is 689. The van der Waals surface area contributed by atoms with E-state index >= 15 is 0 Å². The molecule has 1 heterocycles. The van der Waals surface area contributed by atoms with Crippen molar-refractivity contribution in [2.24, 2.45) is 5.41 Å². The molecular formula is C23H36N2O4. The smallest absolute Gasteiger partial charge is 0.254 e. The number of amides is 2. The SMILES string of the molecule is CCCCCCOc1ccc(C(=O)N2CCN(C(=O)C(C)(C)C)CC2)cc1OC. The van der Waals surface area contributed by atoms with Crippen LogP contribution in [-0.2, 0) is 4.79 Å². The molecule has 0 radical (unpaired) electrons. The van der Waals surface area contributed by atoms with Gasteiger partial charge in [-0.05, 0) is 24.6 Å². The molecule has 2 amide bonds. The molecule has 29 heavy (non-hydrogen) atoms. The Morgan fingerprint density at radius 3 is 2.21 bits per heavy atom. The lowest BCUT2D eigenvalue weighted by atomic mass is 9.94. The highest BCUT2D eigenvalue weighted by atomic mass is 16.5. The summed E-state index contributed by atoms with van der Waals surface area (Å²) >= 11 is 0. The average Bonchev–Trinajstić information content (AvgIpc) is 2.72. The fourth-order valence-corrected chi connectivity index (χ4v) is 3.40. The molecular weight excluding hydrogens is 368 g/mol. The first-order valence-corrected chi connectivity index (χ1v) is 10.7. The molecule has 0 aliphatic carbocycles. The fraction of sp³-hybridized carbons (Fsp3) is 0.652. The van der Waals surface area contributed by atoms with Gasteiger partial charge in [0.15, 0.2) is 11.5 Å². The monoisotopic (exact) mass is 404 g/mol. The minimum Gasteiger partial charge on any atom is -0.493 e. The second-order valence-electron chi connectivity index (χ2n) is 8.61. The highest BCUT2D eigenvalue weighted by Crippen LogP contribution is 2.29. The van der Waals surface area contributed by atoms with Crippen molar-refractivity contribution >= 4 is 11.8 Å². The first-order valence-electron chi connectivity index (χ1n) is 10.7. The summed E-state index contributed by atoms with van der Waals surface area (Å²) in [6.45, 7) is 10.8. The number of rotatable bonds is 8. The van der Waals surface area contributed by atoms with Crippen molar-refractivity contribution < 1.29 is 19.1 Å². The number of ether oxygens (including phenoxy) is 2. The number of piperazine rings is 1. The topological polar surface area (TPSA) is 59.1 Å². The van der Waals surface area contributed by atoms with Crippen molar-refractivity contribution in [1.29, 1.82) is 0 Å². The summed E-state index contributed by atoms with van der Waals surface area (Å²) in [5.74, 6) is 1.33. The largest absolute Gasteiger partial charge is 0.493 e. The number of nitrogens with zero attached hydrogens (tertiary/aromatic N) is 2. The maximum Gasteiger partial charge on any atom is 0.254 e. The van der Waals surface area contributed by atoms with Gasteiger partial charge in [0.05, 0.1) is 13.7 Å². The van der Waals surface area contributed by atoms with Crippen molar-refractivity contribution in [2.75, 3.05) is 39.9 Å². The molecule has 1 aliphatic rings. The Kier molecular flexibility index (Phi) is 8.35. The van der Waals surface area contributed by atoms with E-state index in [9.17, 15) is 9.59 Å². The molecule has 1 aromatic rings. The van der Waals surface area contributed by atoms with Crippen molar-refractivity contribution in [1.82, 2.24) is 9.80 Å². The minimum absolute atomic E-state index is 0.0411. The third-order valence-electron chi connectivity index (χ3n) is 5.16. The van der Waals surface area contributed by atoms with E-state index in [0.717, 1.165) is 12.8 Å². The van der Waals surface area contributed by atoms with Crippen molar-refractivity contribution in [3.63, 3.8) is 0 Å². The zero-order valence-electron chi connectivity index (χ0n) is 18.6. The number of hydrogen-bond acceptors (Lipinski definition) is 4. The number of carbonyl (C=O) groups is 2. The highest BCUT2D eigenvalue weighted by molar-refractivity contribution is 5.95. The zero-order chi connectivity index (χ0) is 21.4. The quantitative estimate of drug-likeness (QED) is 0.615. The standard InChI is InChI=1S/C23H36N2O4/c1-6-7-8-9-16-29-19-11-10-18(17-20(19)28-5)21(26)24-12-14-25(15-13-24)22(27)23(2,3)4/h10-11,17H,6-9,12-16H2,1-5H3. The van der Waals surface area contributed by atoms with Gasteiger partial charge in [0.25, 0.3) is 5.91 Å². The predicted molar refractivity (Wildman–Crippen MR) is 115 cm³/mol. The predicted octanol–water partition coefficient (Wildman–Crippen LogP) is 3.98. The van der Waals surface area contributed by atoms with Gasteiger partial charge in [0, 0.05) is 37.2 Å². The Labute approximate surface area is 175 Å². The van der Waals surface area contributed by atoms with E-state index in [1.54, 1.807) is 24.1 Å². The summed E-state index contributed by atoms with van der Waals surface area (Å²) < 4.78 is 11.3. The van der Waals surface area contributed by atoms with Gasteiger partial charge in [0.1, 0.15) is 0 Å². The maximum absolute atomic E-state index is 12.9. The van der Waals surface area contributed by atoms with E-state index in [4.69, 9.17) is 9.47 Å². The fourth-order valence-electron chi connectivity index (χ4n) is 3.40. The lowest BCUT2D eigenvalue weighted by molar-refractivity contribution is -0.140. The van der Waals surface area contributed by atoms with E-state index in [2.05, 4.69) is 6.92 Å². The number of hydrogen-bond donors (Lipinski definition) is 0. The van der Waals surface area contributed by atoms with Gasteiger partial charge in [-0.2, -0.15) is 0 Å². The third-order valence-corrected chi connectivity index (χ3v) is 5.16. The highest BCUT2D eigenvalue weighted by Gasteiger charge is 2.31. The average molecular weight is 405 g/mol. The second kappa shape index (κ2) is 10.5. The first-order chi connectivity index (χ1) is 13.8. The van der Waals surface area contributed by atoms with Gasteiger partial charge < -0.3 is 19.3 Å². The Balaban J connectivity index is 1.95. The van der Waals surface area contributed by atoms with Crippen molar-refractivity contribution in [2.45, 2.75) is 53.4 Å². The normalized spacial score (nSPS) is 14.7. The van der Waals surface area contributed by atoms with Gasteiger partial charge >= 0.3 is 0 Å². The van der Waals surface area contributed by atoms with Crippen LogP contribution in [0.2, 0.25) is 0 Å². The van der Waals surface area contributed by atoms with Crippen LogP contribution in [0.3, 0.4) is 0 Å². The molecule has 6 nitrogen and oxygen atoms in total. The van der Waals surface area contributed by atoms with Crippen LogP contribution < -0.4 is 9.47 Å². The van der Waals surface area contributed by atoms with Crippen LogP contribution in [0.25, 0.3) is 0 Å². The molecule has 6 heteroatoms. The summed E-state index contributed by atoms with van der Waals surface area (Å²) in [6, 6.07) is 5.35. The van der Waals surface area contributed by atoms with E-state index in [1.165, 1.54) is 12.8 Å². The number of carbonyl (C=O) groups excluding carboxylic acids is 2. The first kappa shape index (κ1) is 23.0. The van der Waals surface area contributed by atoms with E-state index in [1.807, 2.05) is 31.7 Å². The van der Waals surface area contributed by atoms with Crippen LogP contribution in [0.1, 0.15) is 63.7 Å². The van der Waals surface area contributed by atoms with Crippen LogP contribution in [0, 0.1) is 5.41 Å². The summed E-state index contributed by atoms with van der Waals surface area (Å²) in [5, 5.41) is 0. The molecule has 0 aromatic heterocycles. The summed E-state index contributed by atoms with van der Waals surface area (Å²) in [7, 11) is 1.59. The number of methoxy groups -OCH3 is 1. The maximum atomic E-state index is 12.9.